The molecule has 4 nitrogen and oxygen atoms in total. The van der Waals surface area contributed by atoms with E-state index in [1.54, 1.807) is 35.4 Å². The highest BCUT2D eigenvalue weighted by Gasteiger charge is 2.16. The predicted octanol–water partition coefficient (Wildman–Crippen LogP) is 4.63. The van der Waals surface area contributed by atoms with Crippen molar-refractivity contribution in [2.24, 2.45) is 0 Å². The molecule has 5 heteroatoms. The van der Waals surface area contributed by atoms with E-state index in [0.29, 0.717) is 18.8 Å². The summed E-state index contributed by atoms with van der Waals surface area (Å²) >= 11 is 0. The van der Waals surface area contributed by atoms with Gasteiger partial charge < -0.3 is 10.2 Å². The van der Waals surface area contributed by atoms with Crippen molar-refractivity contribution in [1.82, 2.24) is 9.88 Å². The molecule has 0 atom stereocenters. The molecule has 0 aliphatic heterocycles. The quantitative estimate of drug-likeness (QED) is 0.706. The van der Waals surface area contributed by atoms with Crippen LogP contribution in [0.25, 0.3) is 0 Å². The van der Waals surface area contributed by atoms with Crippen molar-refractivity contribution >= 4 is 17.3 Å². The Balaban J connectivity index is 1.75. The molecule has 0 aliphatic carbocycles. The smallest absolute Gasteiger partial charge is 0.272 e. The minimum atomic E-state index is -0.291. The topological polar surface area (TPSA) is 45.2 Å². The summed E-state index contributed by atoms with van der Waals surface area (Å²) in [7, 11) is 0. The van der Waals surface area contributed by atoms with Crippen LogP contribution in [0.1, 0.15) is 23.0 Å². The Morgan fingerprint density at radius 1 is 1.04 bits per heavy atom. The van der Waals surface area contributed by atoms with Gasteiger partial charge in [-0.2, -0.15) is 0 Å². The molecule has 3 aromatic rings. The Kier molecular flexibility index (Phi) is 5.59. The van der Waals surface area contributed by atoms with E-state index in [9.17, 15) is 9.18 Å². The number of rotatable bonds is 6. The molecule has 0 unspecified atom stereocenters. The zero-order valence-electron chi connectivity index (χ0n) is 14.5. The fourth-order valence-electron chi connectivity index (χ4n) is 2.62. The van der Waals surface area contributed by atoms with Crippen molar-refractivity contribution in [2.75, 3.05) is 11.9 Å². The number of pyridine rings is 1. The van der Waals surface area contributed by atoms with Crippen LogP contribution in [0, 0.1) is 5.82 Å². The van der Waals surface area contributed by atoms with Crippen LogP contribution in [0.3, 0.4) is 0 Å². The van der Waals surface area contributed by atoms with Crippen LogP contribution in [0.4, 0.5) is 15.8 Å². The largest absolute Gasteiger partial charge is 0.355 e. The van der Waals surface area contributed by atoms with Crippen LogP contribution in [-0.4, -0.2) is 22.3 Å². The average molecular weight is 349 g/mol. The van der Waals surface area contributed by atoms with E-state index in [1.807, 2.05) is 37.3 Å². The van der Waals surface area contributed by atoms with E-state index in [2.05, 4.69) is 10.3 Å². The fourth-order valence-corrected chi connectivity index (χ4v) is 2.62. The Morgan fingerprint density at radius 2 is 1.77 bits per heavy atom. The summed E-state index contributed by atoms with van der Waals surface area (Å²) in [5, 5.41) is 3.16. The van der Waals surface area contributed by atoms with Crippen LogP contribution in [0.15, 0.2) is 72.9 Å². The number of aromatic nitrogens is 1. The van der Waals surface area contributed by atoms with Crippen molar-refractivity contribution in [3.63, 3.8) is 0 Å². The van der Waals surface area contributed by atoms with Gasteiger partial charge in [0.2, 0.25) is 0 Å². The summed E-state index contributed by atoms with van der Waals surface area (Å²) in [6.07, 6.45) is 1.59. The number of halogens is 1. The van der Waals surface area contributed by atoms with Crippen LogP contribution in [0.2, 0.25) is 0 Å². The van der Waals surface area contributed by atoms with Gasteiger partial charge in [0.05, 0.1) is 0 Å². The minimum Gasteiger partial charge on any atom is -0.355 e. The minimum absolute atomic E-state index is 0.126. The number of nitrogens with zero attached hydrogens (tertiary/aromatic N) is 2. The fraction of sp³-hybridized carbons (Fsp3) is 0.143. The Labute approximate surface area is 152 Å². The molecule has 0 aliphatic rings. The lowest BCUT2D eigenvalue weighted by atomic mass is 10.2. The van der Waals surface area contributed by atoms with Crippen molar-refractivity contribution < 1.29 is 9.18 Å². The molecule has 0 spiro atoms. The second-order valence-electron chi connectivity index (χ2n) is 5.87. The van der Waals surface area contributed by atoms with Gasteiger partial charge in [0.15, 0.2) is 0 Å². The van der Waals surface area contributed by atoms with Crippen LogP contribution < -0.4 is 5.32 Å². The van der Waals surface area contributed by atoms with Gasteiger partial charge in [-0.05, 0) is 48.9 Å². The van der Waals surface area contributed by atoms with Gasteiger partial charge in [-0.3, -0.25) is 9.78 Å². The van der Waals surface area contributed by atoms with E-state index < -0.39 is 0 Å². The number of amides is 1. The molecule has 0 radical (unpaired) electrons. The number of carbonyl (C=O) groups is 1. The maximum absolute atomic E-state index is 13.0. The van der Waals surface area contributed by atoms with Crippen LogP contribution >= 0.6 is 0 Å². The lowest BCUT2D eigenvalue weighted by Gasteiger charge is -2.21. The van der Waals surface area contributed by atoms with Crippen molar-refractivity contribution in [3.8, 4) is 0 Å². The highest BCUT2D eigenvalue weighted by Crippen LogP contribution is 2.18. The third-order valence-electron chi connectivity index (χ3n) is 4.00. The molecule has 1 N–H and O–H groups in total. The molecule has 3 rings (SSSR count). The lowest BCUT2D eigenvalue weighted by Crippen LogP contribution is -2.31. The zero-order valence-corrected chi connectivity index (χ0v) is 14.5. The molecule has 132 valence electrons. The molecule has 1 amide bonds. The maximum atomic E-state index is 13.0. The second-order valence-corrected chi connectivity index (χ2v) is 5.87. The second kappa shape index (κ2) is 8.25. The first kappa shape index (κ1) is 17.6. The number of benzene rings is 2. The first-order chi connectivity index (χ1) is 12.7. The van der Waals surface area contributed by atoms with Gasteiger partial charge in [0.25, 0.3) is 5.91 Å². The van der Waals surface area contributed by atoms with E-state index in [-0.39, 0.29) is 11.7 Å². The average Bonchev–Trinajstić information content (AvgIpc) is 2.68. The third-order valence-corrected chi connectivity index (χ3v) is 4.00. The maximum Gasteiger partial charge on any atom is 0.272 e. The van der Waals surface area contributed by atoms with Gasteiger partial charge in [-0.1, -0.05) is 30.3 Å². The molecule has 2 aromatic carbocycles. The number of carbonyl (C=O) groups excluding carboxylic acids is 1. The first-order valence-electron chi connectivity index (χ1n) is 8.47. The van der Waals surface area contributed by atoms with Crippen molar-refractivity contribution in [2.45, 2.75) is 13.5 Å². The molecular weight excluding hydrogens is 329 g/mol. The summed E-state index contributed by atoms with van der Waals surface area (Å²) in [6.45, 7) is 3.07. The predicted molar refractivity (Wildman–Crippen MR) is 101 cm³/mol. The highest BCUT2D eigenvalue weighted by atomic mass is 19.1. The Morgan fingerprint density at radius 3 is 2.46 bits per heavy atom. The molecule has 1 heterocycles. The van der Waals surface area contributed by atoms with Crippen LogP contribution in [0.5, 0.6) is 0 Å². The van der Waals surface area contributed by atoms with Gasteiger partial charge >= 0.3 is 0 Å². The monoisotopic (exact) mass is 349 g/mol. The molecule has 26 heavy (non-hydrogen) atoms. The Hall–Kier alpha value is -3.21. The summed E-state index contributed by atoms with van der Waals surface area (Å²) in [4.78, 5) is 18.8. The molecule has 0 bridgehead atoms. The van der Waals surface area contributed by atoms with Crippen molar-refractivity contribution in [3.05, 3.63) is 90.0 Å². The number of hydrogen-bond donors (Lipinski definition) is 1. The molecular formula is C21H20FN3O. The normalized spacial score (nSPS) is 10.4. The molecule has 0 fully saturated rings. The lowest BCUT2D eigenvalue weighted by molar-refractivity contribution is 0.0746. The Bertz CT molecular complexity index is 866. The zero-order chi connectivity index (χ0) is 18.4. The SMILES string of the molecule is CCN(Cc1ccccc1)C(=O)c1cc(Nc2ccc(F)cc2)ccn1. The number of nitrogens with one attached hydrogen (secondary N) is 1. The summed E-state index contributed by atoms with van der Waals surface area (Å²) < 4.78 is 13.0. The number of anilines is 2. The summed E-state index contributed by atoms with van der Waals surface area (Å²) in [5.41, 5.74) is 2.91. The molecule has 0 saturated heterocycles. The van der Waals surface area contributed by atoms with E-state index in [0.717, 1.165) is 16.9 Å². The van der Waals surface area contributed by atoms with Crippen LogP contribution in [-0.2, 0) is 6.54 Å². The van der Waals surface area contributed by atoms with Crippen molar-refractivity contribution in [1.29, 1.82) is 0 Å². The van der Waals surface area contributed by atoms with Gasteiger partial charge in [0, 0.05) is 30.7 Å². The molecule has 0 saturated carbocycles. The van der Waals surface area contributed by atoms with Gasteiger partial charge in [-0.25, -0.2) is 4.39 Å². The van der Waals surface area contributed by atoms with E-state index in [1.165, 1.54) is 12.1 Å². The summed E-state index contributed by atoms with van der Waals surface area (Å²) in [5.74, 6) is -0.417. The van der Waals surface area contributed by atoms with E-state index in [4.69, 9.17) is 0 Å². The standard InChI is InChI=1S/C21H20FN3O/c1-2-25(15-16-6-4-3-5-7-16)21(26)20-14-19(12-13-23-20)24-18-10-8-17(22)9-11-18/h3-14H,2,15H2,1H3,(H,23,24). The third kappa shape index (κ3) is 4.45. The summed E-state index contributed by atoms with van der Waals surface area (Å²) in [6, 6.07) is 19.4. The van der Waals surface area contributed by atoms with Gasteiger partial charge in [-0.15, -0.1) is 0 Å². The van der Waals surface area contributed by atoms with E-state index >= 15 is 0 Å². The van der Waals surface area contributed by atoms with Gasteiger partial charge in [0.1, 0.15) is 11.5 Å². The molecule has 1 aromatic heterocycles. The number of hydrogen-bond acceptors (Lipinski definition) is 3. The highest BCUT2D eigenvalue weighted by molar-refractivity contribution is 5.93. The first-order valence-corrected chi connectivity index (χ1v) is 8.47.